The van der Waals surface area contributed by atoms with Gasteiger partial charge in [-0.15, -0.1) is 0 Å². The predicted octanol–water partition coefficient (Wildman–Crippen LogP) is 0.788. The van der Waals surface area contributed by atoms with Gasteiger partial charge in [0.05, 0.1) is 11.1 Å². The minimum Gasteiger partial charge on any atom is -0.480 e. The van der Waals surface area contributed by atoms with Crippen molar-refractivity contribution in [3.63, 3.8) is 0 Å². The van der Waals surface area contributed by atoms with Gasteiger partial charge in [0.1, 0.15) is 11.6 Å². The Hall–Kier alpha value is -3.07. The number of nitrogens with one attached hydrogen (secondary N) is 2. The topological polar surface area (TPSA) is 133 Å². The van der Waals surface area contributed by atoms with Crippen LogP contribution in [0.15, 0.2) is 18.2 Å². The Morgan fingerprint density at radius 3 is 2.43 bits per heavy atom. The van der Waals surface area contributed by atoms with Crippen LogP contribution in [0.2, 0.25) is 0 Å². The Labute approximate surface area is 172 Å². The number of carbonyl (C=O) groups is 5. The van der Waals surface area contributed by atoms with E-state index in [9.17, 15) is 29.1 Å². The van der Waals surface area contributed by atoms with Crippen molar-refractivity contribution in [2.75, 3.05) is 7.05 Å². The lowest BCUT2D eigenvalue weighted by Crippen LogP contribution is -2.54. The van der Waals surface area contributed by atoms with Gasteiger partial charge in [-0.3, -0.25) is 34.2 Å². The second-order valence-electron chi connectivity index (χ2n) is 8.13. The maximum absolute atomic E-state index is 13.2. The molecule has 9 heteroatoms. The first-order valence-electron chi connectivity index (χ1n) is 10.1. The van der Waals surface area contributed by atoms with Gasteiger partial charge in [0.25, 0.3) is 11.8 Å². The molecule has 1 atom stereocenters. The highest BCUT2D eigenvalue weighted by molar-refractivity contribution is 6.24. The number of aliphatic carboxylic acids is 1. The van der Waals surface area contributed by atoms with Gasteiger partial charge < -0.3 is 10.4 Å². The highest BCUT2D eigenvalue weighted by Gasteiger charge is 2.47. The third kappa shape index (κ3) is 3.00. The lowest BCUT2D eigenvalue weighted by molar-refractivity contribution is -0.146. The molecule has 2 aliphatic heterocycles. The number of carbonyl (C=O) groups excluding carboxylic acids is 4. The Morgan fingerprint density at radius 2 is 1.83 bits per heavy atom. The van der Waals surface area contributed by atoms with Crippen molar-refractivity contribution in [3.8, 4) is 0 Å². The van der Waals surface area contributed by atoms with Crippen molar-refractivity contribution in [2.45, 2.75) is 56.0 Å². The summed E-state index contributed by atoms with van der Waals surface area (Å²) < 4.78 is 0. The molecular weight excluding hydrogens is 390 g/mol. The quantitative estimate of drug-likeness (QED) is 0.622. The first kappa shape index (κ1) is 20.2. The van der Waals surface area contributed by atoms with Crippen molar-refractivity contribution >= 4 is 29.6 Å². The zero-order valence-corrected chi connectivity index (χ0v) is 16.6. The molecule has 1 saturated carbocycles. The number of fused-ring (bicyclic) bond motifs is 1. The van der Waals surface area contributed by atoms with E-state index in [4.69, 9.17) is 0 Å². The minimum atomic E-state index is -1.00. The number of imide groups is 2. The fourth-order valence-corrected chi connectivity index (χ4v) is 4.87. The van der Waals surface area contributed by atoms with Crippen LogP contribution in [0.4, 0.5) is 0 Å². The van der Waals surface area contributed by atoms with Gasteiger partial charge in [0, 0.05) is 6.42 Å². The minimum absolute atomic E-state index is 0.0563. The molecule has 9 nitrogen and oxygen atoms in total. The largest absolute Gasteiger partial charge is 0.480 e. The van der Waals surface area contributed by atoms with Crippen molar-refractivity contribution in [2.24, 2.45) is 0 Å². The molecule has 1 aromatic carbocycles. The molecule has 3 N–H and O–H groups in total. The van der Waals surface area contributed by atoms with Crippen LogP contribution in [0.5, 0.6) is 0 Å². The first-order chi connectivity index (χ1) is 14.3. The third-order valence-corrected chi connectivity index (χ3v) is 6.67. The number of hydrogen-bond donors (Lipinski definition) is 3. The van der Waals surface area contributed by atoms with Crippen molar-refractivity contribution < 1.29 is 29.1 Å². The molecule has 0 aromatic heterocycles. The number of amides is 4. The molecule has 158 valence electrons. The molecule has 4 amide bonds. The Balaban J connectivity index is 1.62. The van der Waals surface area contributed by atoms with Gasteiger partial charge in [-0.1, -0.05) is 12.1 Å². The summed E-state index contributed by atoms with van der Waals surface area (Å²) in [5.41, 5.74) is 0.290. The van der Waals surface area contributed by atoms with Crippen LogP contribution < -0.4 is 10.6 Å². The smallest absolute Gasteiger partial charge is 0.323 e. The number of hydrogen-bond acceptors (Lipinski definition) is 6. The number of nitrogens with zero attached hydrogens (tertiary/aromatic N) is 1. The summed E-state index contributed by atoms with van der Waals surface area (Å²) in [4.78, 5) is 62.5. The number of likely N-dealkylation sites (N-methyl/N-ethyl adjacent to an activating group) is 1. The second kappa shape index (κ2) is 7.32. The summed E-state index contributed by atoms with van der Waals surface area (Å²) in [7, 11) is 1.63. The zero-order chi connectivity index (χ0) is 21.6. The Morgan fingerprint density at radius 1 is 1.13 bits per heavy atom. The van der Waals surface area contributed by atoms with E-state index >= 15 is 0 Å². The molecule has 30 heavy (non-hydrogen) atoms. The van der Waals surface area contributed by atoms with E-state index in [1.807, 2.05) is 0 Å². The molecule has 1 aromatic rings. The lowest BCUT2D eigenvalue weighted by atomic mass is 9.73. The Bertz CT molecular complexity index is 963. The summed E-state index contributed by atoms with van der Waals surface area (Å²) in [5.74, 6) is -3.06. The molecule has 1 unspecified atom stereocenters. The van der Waals surface area contributed by atoms with E-state index in [-0.39, 0.29) is 24.3 Å². The predicted molar refractivity (Wildman–Crippen MR) is 104 cm³/mol. The van der Waals surface area contributed by atoms with E-state index < -0.39 is 41.2 Å². The van der Waals surface area contributed by atoms with E-state index in [1.54, 1.807) is 25.2 Å². The average molecular weight is 413 g/mol. The maximum Gasteiger partial charge on any atom is 0.323 e. The third-order valence-electron chi connectivity index (χ3n) is 6.67. The van der Waals surface area contributed by atoms with Crippen molar-refractivity contribution in [1.29, 1.82) is 0 Å². The molecule has 3 aliphatic rings. The van der Waals surface area contributed by atoms with Crippen LogP contribution in [0.3, 0.4) is 0 Å². The number of benzene rings is 1. The summed E-state index contributed by atoms with van der Waals surface area (Å²) in [6.07, 6.45) is 2.12. The van der Waals surface area contributed by atoms with Gasteiger partial charge in [0.15, 0.2) is 0 Å². The average Bonchev–Trinajstić information content (AvgIpc) is 2.99. The number of piperidine rings is 1. The van der Waals surface area contributed by atoms with E-state index in [1.165, 1.54) is 0 Å². The summed E-state index contributed by atoms with van der Waals surface area (Å²) in [5, 5.41) is 14.7. The van der Waals surface area contributed by atoms with E-state index in [2.05, 4.69) is 10.6 Å². The molecule has 2 fully saturated rings. The molecule has 2 heterocycles. The molecule has 0 bridgehead atoms. The van der Waals surface area contributed by atoms with Crippen LogP contribution in [0.25, 0.3) is 0 Å². The molecular formula is C21H23N3O6. The molecule has 0 radical (unpaired) electrons. The van der Waals surface area contributed by atoms with Crippen LogP contribution in [-0.2, 0) is 14.4 Å². The fourth-order valence-electron chi connectivity index (χ4n) is 4.87. The van der Waals surface area contributed by atoms with Crippen LogP contribution in [0.1, 0.15) is 70.7 Å². The van der Waals surface area contributed by atoms with Gasteiger partial charge in [-0.05, 0) is 56.7 Å². The van der Waals surface area contributed by atoms with Crippen molar-refractivity contribution in [1.82, 2.24) is 15.5 Å². The fraction of sp³-hybridized carbons (Fsp3) is 0.476. The highest BCUT2D eigenvalue weighted by atomic mass is 16.4. The van der Waals surface area contributed by atoms with Crippen molar-refractivity contribution in [3.05, 3.63) is 34.9 Å². The maximum atomic E-state index is 13.2. The monoisotopic (exact) mass is 413 g/mol. The normalized spacial score (nSPS) is 29.0. The highest BCUT2D eigenvalue weighted by Crippen LogP contribution is 2.42. The van der Waals surface area contributed by atoms with Gasteiger partial charge in [-0.25, -0.2) is 0 Å². The van der Waals surface area contributed by atoms with Gasteiger partial charge >= 0.3 is 5.97 Å². The molecule has 1 aliphatic carbocycles. The number of rotatable bonds is 4. The Kier molecular flexibility index (Phi) is 4.93. The first-order valence-corrected chi connectivity index (χ1v) is 10.1. The van der Waals surface area contributed by atoms with Crippen LogP contribution >= 0.6 is 0 Å². The van der Waals surface area contributed by atoms with Gasteiger partial charge in [0.2, 0.25) is 11.8 Å². The molecule has 0 spiro atoms. The number of carboxylic acids is 1. The lowest BCUT2D eigenvalue weighted by Gasteiger charge is -2.37. The zero-order valence-electron chi connectivity index (χ0n) is 16.6. The van der Waals surface area contributed by atoms with Crippen LogP contribution in [-0.4, -0.2) is 58.2 Å². The molecule has 1 saturated heterocycles. The van der Waals surface area contributed by atoms with Crippen LogP contribution in [0, 0.1) is 0 Å². The van der Waals surface area contributed by atoms with E-state index in [0.717, 1.165) is 10.5 Å². The SMILES string of the molecule is CNC1(C(=O)O)CCC(c2cccc3c2C(=O)N(C2CCC(=O)NC2=O)C3=O)CC1. The second-order valence-corrected chi connectivity index (χ2v) is 8.13. The summed E-state index contributed by atoms with van der Waals surface area (Å²) >= 11 is 0. The van der Waals surface area contributed by atoms with Gasteiger partial charge in [-0.2, -0.15) is 0 Å². The summed E-state index contributed by atoms with van der Waals surface area (Å²) in [6.45, 7) is 0. The number of carboxylic acid groups (broad SMARTS) is 1. The summed E-state index contributed by atoms with van der Waals surface area (Å²) in [6, 6.07) is 4.08. The standard InChI is InChI=1S/C21H23N3O6/c1-22-21(20(29)30)9-7-11(8-10-21)12-3-2-4-13-16(12)19(28)24(18(13)27)14-5-6-15(25)23-17(14)26/h2-4,11,14,22H,5-10H2,1H3,(H,29,30)(H,23,25,26). The molecule has 4 rings (SSSR count). The van der Waals surface area contributed by atoms with E-state index in [0.29, 0.717) is 31.2 Å².